The number of hydrogen-bond acceptors (Lipinski definition) is 1. The molecular formula is C21H34N2. The van der Waals surface area contributed by atoms with E-state index in [2.05, 4.69) is 95.5 Å². The molecule has 0 N–H and O–H groups in total. The molecule has 1 aromatic carbocycles. The van der Waals surface area contributed by atoms with Crippen molar-refractivity contribution in [2.75, 3.05) is 0 Å². The number of nitrogens with zero attached hydrogens (tertiary/aromatic N) is 2. The second-order valence-electron chi connectivity index (χ2n) is 7.39. The van der Waals surface area contributed by atoms with E-state index >= 15 is 0 Å². The topological polar surface area (TPSA) is 17.8 Å². The van der Waals surface area contributed by atoms with E-state index in [1.807, 2.05) is 6.20 Å². The smallest absolute Gasteiger partial charge is 0.0492 e. The highest BCUT2D eigenvalue weighted by molar-refractivity contribution is 5.31. The molecule has 0 bridgehead atoms. The first kappa shape index (κ1) is 19.5. The van der Waals surface area contributed by atoms with Crippen LogP contribution in [0.15, 0.2) is 36.5 Å². The summed E-state index contributed by atoms with van der Waals surface area (Å²) in [5.41, 5.74) is 4.31. The Morgan fingerprint density at radius 1 is 0.696 bits per heavy atom. The van der Waals surface area contributed by atoms with Crippen molar-refractivity contribution in [3.8, 4) is 0 Å². The predicted molar refractivity (Wildman–Crippen MR) is 101 cm³/mol. The lowest BCUT2D eigenvalue weighted by atomic mass is 9.91. The molecule has 1 heterocycles. The molecule has 2 aromatic rings. The van der Waals surface area contributed by atoms with Crippen LogP contribution in [0, 0.1) is 0 Å². The van der Waals surface area contributed by atoms with Crippen molar-refractivity contribution in [1.82, 2.24) is 9.78 Å². The lowest BCUT2D eigenvalue weighted by Crippen LogP contribution is -2.08. The molecule has 1 aromatic heterocycles. The molecule has 0 fully saturated rings. The Morgan fingerprint density at radius 3 is 1.48 bits per heavy atom. The van der Waals surface area contributed by atoms with Crippen molar-refractivity contribution in [3.05, 3.63) is 53.3 Å². The number of rotatable bonds is 4. The highest BCUT2D eigenvalue weighted by Gasteiger charge is 2.08. The minimum absolute atomic E-state index is 0.474. The monoisotopic (exact) mass is 314 g/mol. The summed E-state index contributed by atoms with van der Waals surface area (Å²) >= 11 is 0. The van der Waals surface area contributed by atoms with Gasteiger partial charge in [-0.05, 0) is 48.8 Å². The molecule has 23 heavy (non-hydrogen) atoms. The second-order valence-corrected chi connectivity index (χ2v) is 7.39. The van der Waals surface area contributed by atoms with Crippen molar-refractivity contribution in [2.45, 2.75) is 79.2 Å². The summed E-state index contributed by atoms with van der Waals surface area (Å²) in [5, 5.41) is 4.25. The quantitative estimate of drug-likeness (QED) is 0.628. The Balaban J connectivity index is 0.000000231. The third-order valence-electron chi connectivity index (χ3n) is 4.02. The number of aromatic nitrogens is 2. The van der Waals surface area contributed by atoms with Crippen LogP contribution in [-0.2, 0) is 0 Å². The van der Waals surface area contributed by atoms with E-state index < -0.39 is 0 Å². The Kier molecular flexibility index (Phi) is 7.54. The minimum atomic E-state index is 0.474. The van der Waals surface area contributed by atoms with Gasteiger partial charge in [0, 0.05) is 17.9 Å². The molecule has 0 amide bonds. The van der Waals surface area contributed by atoms with E-state index in [1.165, 1.54) is 16.8 Å². The molecule has 0 aliphatic carbocycles. The van der Waals surface area contributed by atoms with Crippen molar-refractivity contribution < 1.29 is 0 Å². The molecule has 0 saturated carbocycles. The zero-order valence-electron chi connectivity index (χ0n) is 16.2. The molecule has 0 unspecified atom stereocenters. The first-order valence-electron chi connectivity index (χ1n) is 8.87. The van der Waals surface area contributed by atoms with Gasteiger partial charge in [-0.3, -0.25) is 4.68 Å². The van der Waals surface area contributed by atoms with Gasteiger partial charge in [0.15, 0.2) is 0 Å². The van der Waals surface area contributed by atoms with Crippen molar-refractivity contribution in [3.63, 3.8) is 0 Å². The van der Waals surface area contributed by atoms with Gasteiger partial charge in [0.05, 0.1) is 0 Å². The molecule has 0 saturated heterocycles. The van der Waals surface area contributed by atoms with Gasteiger partial charge in [-0.15, -0.1) is 0 Å². The summed E-state index contributed by atoms with van der Waals surface area (Å²) in [6, 6.07) is 11.3. The molecule has 0 aliphatic rings. The highest BCUT2D eigenvalue weighted by Crippen LogP contribution is 2.25. The standard InChI is InChI=1S/C12H18.C9H16N2/c1-9(2)11-7-5-6-8-12(11)10(3)4;1-7(2)9-5-6-10-11(9)8(3)4/h5-10H,1-4H3;5-8H,1-4H3. The maximum absolute atomic E-state index is 4.25. The third-order valence-corrected chi connectivity index (χ3v) is 4.02. The normalized spacial score (nSPS) is 11.3. The lowest BCUT2D eigenvalue weighted by molar-refractivity contribution is 0.498. The summed E-state index contributed by atoms with van der Waals surface area (Å²) in [6.07, 6.45) is 1.87. The maximum atomic E-state index is 4.25. The van der Waals surface area contributed by atoms with E-state index in [0.717, 1.165) is 0 Å². The SMILES string of the molecule is CC(C)c1ccccc1C(C)C.CC(C)c1ccnn1C(C)C. The van der Waals surface area contributed by atoms with Gasteiger partial charge in [-0.1, -0.05) is 65.8 Å². The van der Waals surface area contributed by atoms with Crippen LogP contribution in [0.4, 0.5) is 0 Å². The molecule has 2 rings (SSSR count). The fourth-order valence-corrected chi connectivity index (χ4v) is 2.78. The van der Waals surface area contributed by atoms with Crippen LogP contribution >= 0.6 is 0 Å². The van der Waals surface area contributed by atoms with Crippen molar-refractivity contribution in [1.29, 1.82) is 0 Å². The average Bonchev–Trinajstić information content (AvgIpc) is 2.97. The zero-order chi connectivity index (χ0) is 17.6. The minimum Gasteiger partial charge on any atom is -0.267 e. The van der Waals surface area contributed by atoms with Gasteiger partial charge in [0.25, 0.3) is 0 Å². The first-order chi connectivity index (χ1) is 10.8. The van der Waals surface area contributed by atoms with E-state index in [-0.39, 0.29) is 0 Å². The molecule has 0 atom stereocenters. The van der Waals surface area contributed by atoms with E-state index in [0.29, 0.717) is 23.8 Å². The van der Waals surface area contributed by atoms with Gasteiger partial charge in [-0.2, -0.15) is 5.10 Å². The fourth-order valence-electron chi connectivity index (χ4n) is 2.78. The fraction of sp³-hybridized carbons (Fsp3) is 0.571. The third kappa shape index (κ3) is 5.53. The van der Waals surface area contributed by atoms with Gasteiger partial charge in [0.1, 0.15) is 0 Å². The molecule has 2 heteroatoms. The average molecular weight is 315 g/mol. The highest BCUT2D eigenvalue weighted by atomic mass is 15.3. The Labute approximate surface area is 142 Å². The molecule has 0 radical (unpaired) electrons. The molecule has 0 aliphatic heterocycles. The molecule has 0 spiro atoms. The second kappa shape index (κ2) is 8.90. The van der Waals surface area contributed by atoms with E-state index in [9.17, 15) is 0 Å². The molecule has 128 valence electrons. The van der Waals surface area contributed by atoms with Crippen molar-refractivity contribution >= 4 is 0 Å². The van der Waals surface area contributed by atoms with Crippen LogP contribution in [0.1, 0.15) is 96.0 Å². The molecular weight excluding hydrogens is 280 g/mol. The van der Waals surface area contributed by atoms with Crippen LogP contribution in [0.25, 0.3) is 0 Å². The summed E-state index contributed by atoms with van der Waals surface area (Å²) in [4.78, 5) is 0. The van der Waals surface area contributed by atoms with Gasteiger partial charge >= 0.3 is 0 Å². The van der Waals surface area contributed by atoms with E-state index in [4.69, 9.17) is 0 Å². The number of hydrogen-bond donors (Lipinski definition) is 0. The van der Waals surface area contributed by atoms with Crippen LogP contribution < -0.4 is 0 Å². The largest absolute Gasteiger partial charge is 0.267 e. The summed E-state index contributed by atoms with van der Waals surface area (Å²) in [6.45, 7) is 17.7. The van der Waals surface area contributed by atoms with Crippen molar-refractivity contribution in [2.24, 2.45) is 0 Å². The zero-order valence-corrected chi connectivity index (χ0v) is 16.2. The summed E-state index contributed by atoms with van der Waals surface area (Å²) in [7, 11) is 0. The summed E-state index contributed by atoms with van der Waals surface area (Å²) in [5.74, 6) is 1.85. The van der Waals surface area contributed by atoms with Crippen LogP contribution in [0.3, 0.4) is 0 Å². The summed E-state index contributed by atoms with van der Waals surface area (Å²) < 4.78 is 2.07. The Hall–Kier alpha value is -1.57. The predicted octanol–water partition coefficient (Wildman–Crippen LogP) is 6.52. The number of benzene rings is 1. The van der Waals surface area contributed by atoms with Crippen LogP contribution in [-0.4, -0.2) is 9.78 Å². The van der Waals surface area contributed by atoms with Gasteiger partial charge in [0.2, 0.25) is 0 Å². The van der Waals surface area contributed by atoms with Crippen LogP contribution in [0.5, 0.6) is 0 Å². The first-order valence-corrected chi connectivity index (χ1v) is 8.87. The molecule has 2 nitrogen and oxygen atoms in total. The van der Waals surface area contributed by atoms with Crippen LogP contribution in [0.2, 0.25) is 0 Å². The van der Waals surface area contributed by atoms with Gasteiger partial charge < -0.3 is 0 Å². The Bertz CT molecular complexity index is 528. The lowest BCUT2D eigenvalue weighted by Gasteiger charge is -2.14. The Morgan fingerprint density at radius 2 is 1.17 bits per heavy atom. The maximum Gasteiger partial charge on any atom is 0.0492 e. The van der Waals surface area contributed by atoms with Gasteiger partial charge in [-0.25, -0.2) is 0 Å². The van der Waals surface area contributed by atoms with E-state index in [1.54, 1.807) is 0 Å².